The van der Waals surface area contributed by atoms with E-state index in [0.717, 1.165) is 19.1 Å². The molecule has 0 saturated carbocycles. The van der Waals surface area contributed by atoms with Crippen LogP contribution >= 0.6 is 0 Å². The zero-order chi connectivity index (χ0) is 10.9. The first kappa shape index (κ1) is 14.2. The van der Waals surface area contributed by atoms with E-state index in [4.69, 9.17) is 15.3 Å². The minimum absolute atomic E-state index is 0. The maximum Gasteiger partial charge on any atom is 0.340 e. The number of hydrogen-bond acceptors (Lipinski definition) is 4. The number of carbonyl (C=O) groups is 1. The standard InChI is InChI=1S/C9H10O5.Na/c1-9(14,8(12)13)5-2-3-6(10)7(11)4-5;/h2-4,10-11,14H,1H3,(H,12,13);. The van der Waals surface area contributed by atoms with Gasteiger partial charge in [0, 0.05) is 29.6 Å². The van der Waals surface area contributed by atoms with Crippen LogP contribution in [0.15, 0.2) is 18.2 Å². The van der Waals surface area contributed by atoms with Gasteiger partial charge in [-0.3, -0.25) is 0 Å². The van der Waals surface area contributed by atoms with Crippen molar-refractivity contribution in [3.63, 3.8) is 0 Å². The summed E-state index contributed by atoms with van der Waals surface area (Å²) in [5.41, 5.74) is -2.08. The molecule has 1 unspecified atom stereocenters. The summed E-state index contributed by atoms with van der Waals surface area (Å²) in [6, 6.07) is 3.34. The minimum Gasteiger partial charge on any atom is -0.504 e. The van der Waals surface area contributed by atoms with Crippen molar-refractivity contribution in [1.29, 1.82) is 0 Å². The van der Waals surface area contributed by atoms with Crippen molar-refractivity contribution in [3.8, 4) is 11.5 Å². The molecule has 15 heavy (non-hydrogen) atoms. The van der Waals surface area contributed by atoms with Crippen LogP contribution in [0.3, 0.4) is 0 Å². The van der Waals surface area contributed by atoms with Crippen molar-refractivity contribution in [2.75, 3.05) is 0 Å². The van der Waals surface area contributed by atoms with Crippen LogP contribution in [-0.4, -0.2) is 56.0 Å². The summed E-state index contributed by atoms with van der Waals surface area (Å²) in [6.07, 6.45) is 0. The van der Waals surface area contributed by atoms with Crippen LogP contribution in [0, 0.1) is 0 Å². The van der Waals surface area contributed by atoms with Gasteiger partial charge in [0.15, 0.2) is 17.1 Å². The van der Waals surface area contributed by atoms with Crippen LogP contribution in [0.4, 0.5) is 0 Å². The van der Waals surface area contributed by atoms with Gasteiger partial charge in [0.1, 0.15) is 0 Å². The van der Waals surface area contributed by atoms with Gasteiger partial charge < -0.3 is 20.4 Å². The summed E-state index contributed by atoms with van der Waals surface area (Å²) in [4.78, 5) is 10.6. The molecule has 0 heterocycles. The molecule has 1 aromatic carbocycles. The Morgan fingerprint density at radius 2 is 1.80 bits per heavy atom. The zero-order valence-corrected chi connectivity index (χ0v) is 10.4. The average molecular weight is 221 g/mol. The number of rotatable bonds is 2. The molecule has 0 aliphatic heterocycles. The Labute approximate surface area is 108 Å². The summed E-state index contributed by atoms with van der Waals surface area (Å²) in [5, 5.41) is 36.2. The molecule has 0 aliphatic carbocycles. The van der Waals surface area contributed by atoms with E-state index in [2.05, 4.69) is 0 Å². The fourth-order valence-electron chi connectivity index (χ4n) is 0.950. The molecule has 0 amide bonds. The molecule has 1 atom stereocenters. The number of carboxylic acids is 1. The molecule has 5 nitrogen and oxygen atoms in total. The van der Waals surface area contributed by atoms with E-state index in [9.17, 15) is 9.90 Å². The molecule has 6 heteroatoms. The SMILES string of the molecule is CC(O)(C(=O)O)c1ccc(O)c(O)c1.[Na]. The average Bonchev–Trinajstić information content (AvgIpc) is 2.09. The zero-order valence-electron chi connectivity index (χ0n) is 8.43. The minimum atomic E-state index is -2.08. The largest absolute Gasteiger partial charge is 0.504 e. The Bertz CT molecular complexity index is 375. The number of phenols is 2. The third kappa shape index (κ3) is 2.85. The number of aliphatic hydroxyl groups is 1. The van der Waals surface area contributed by atoms with E-state index in [0.29, 0.717) is 0 Å². The number of aromatic hydroxyl groups is 2. The molecule has 1 aromatic rings. The molecule has 1 rings (SSSR count). The maximum atomic E-state index is 10.6. The smallest absolute Gasteiger partial charge is 0.340 e. The number of aliphatic carboxylic acids is 1. The summed E-state index contributed by atoms with van der Waals surface area (Å²) < 4.78 is 0. The quantitative estimate of drug-likeness (QED) is 0.416. The third-order valence-electron chi connectivity index (χ3n) is 1.95. The summed E-state index contributed by atoms with van der Waals surface area (Å²) in [6.45, 7) is 1.08. The van der Waals surface area contributed by atoms with Gasteiger partial charge in [0.05, 0.1) is 0 Å². The molecule has 77 valence electrons. The molecule has 0 bridgehead atoms. The van der Waals surface area contributed by atoms with E-state index in [1.807, 2.05) is 0 Å². The van der Waals surface area contributed by atoms with Gasteiger partial charge in [-0.2, -0.15) is 0 Å². The van der Waals surface area contributed by atoms with E-state index in [1.165, 1.54) is 6.07 Å². The van der Waals surface area contributed by atoms with Gasteiger partial charge in [-0.15, -0.1) is 0 Å². The Kier molecular flexibility index (Phi) is 4.61. The second-order valence-corrected chi connectivity index (χ2v) is 3.08. The maximum absolute atomic E-state index is 10.6. The molecule has 0 aliphatic rings. The predicted octanol–water partition coefficient (Wildman–Crippen LogP) is 0.00910. The fourth-order valence-corrected chi connectivity index (χ4v) is 0.950. The molecule has 0 aromatic heterocycles. The first-order valence-corrected chi connectivity index (χ1v) is 3.84. The molecular weight excluding hydrogens is 211 g/mol. The van der Waals surface area contributed by atoms with Gasteiger partial charge in [-0.05, 0) is 24.6 Å². The first-order chi connectivity index (χ1) is 6.35. The number of hydrogen-bond donors (Lipinski definition) is 4. The Balaban J connectivity index is 0.00000196. The van der Waals surface area contributed by atoms with E-state index < -0.39 is 17.3 Å². The van der Waals surface area contributed by atoms with Crippen LogP contribution in [0.2, 0.25) is 0 Å². The summed E-state index contributed by atoms with van der Waals surface area (Å²) >= 11 is 0. The van der Waals surface area contributed by atoms with Crippen molar-refractivity contribution in [2.24, 2.45) is 0 Å². The first-order valence-electron chi connectivity index (χ1n) is 3.84. The third-order valence-corrected chi connectivity index (χ3v) is 1.95. The number of carboxylic acid groups (broad SMARTS) is 1. The number of benzene rings is 1. The van der Waals surface area contributed by atoms with Gasteiger partial charge in [-0.1, -0.05) is 6.07 Å². The van der Waals surface area contributed by atoms with Gasteiger partial charge in [0.25, 0.3) is 0 Å². The van der Waals surface area contributed by atoms with Crippen molar-refractivity contribution in [1.82, 2.24) is 0 Å². The second-order valence-electron chi connectivity index (χ2n) is 3.08. The van der Waals surface area contributed by atoms with Crippen LogP contribution < -0.4 is 0 Å². The second kappa shape index (κ2) is 4.85. The van der Waals surface area contributed by atoms with Crippen LogP contribution in [-0.2, 0) is 10.4 Å². The van der Waals surface area contributed by atoms with E-state index >= 15 is 0 Å². The summed E-state index contributed by atoms with van der Waals surface area (Å²) in [7, 11) is 0. The van der Waals surface area contributed by atoms with Gasteiger partial charge in [0.2, 0.25) is 0 Å². The Hall–Kier alpha value is -0.750. The number of phenolic OH excluding ortho intramolecular Hbond substituents is 2. The van der Waals surface area contributed by atoms with Gasteiger partial charge >= 0.3 is 5.97 Å². The van der Waals surface area contributed by atoms with E-state index in [1.54, 1.807) is 0 Å². The van der Waals surface area contributed by atoms with Crippen LogP contribution in [0.1, 0.15) is 12.5 Å². The van der Waals surface area contributed by atoms with Crippen molar-refractivity contribution < 1.29 is 25.2 Å². The molecular formula is C9H10NaO5. The Morgan fingerprint density at radius 1 is 1.27 bits per heavy atom. The van der Waals surface area contributed by atoms with Crippen molar-refractivity contribution in [2.45, 2.75) is 12.5 Å². The summed E-state index contributed by atoms with van der Waals surface area (Å²) in [5.74, 6) is -2.26. The van der Waals surface area contributed by atoms with Crippen LogP contribution in [0.25, 0.3) is 0 Å². The fraction of sp³-hybridized carbons (Fsp3) is 0.222. The van der Waals surface area contributed by atoms with Gasteiger partial charge in [-0.25, -0.2) is 4.79 Å². The molecule has 0 saturated heterocycles. The molecule has 0 fully saturated rings. The normalized spacial score (nSPS) is 13.7. The molecule has 1 radical (unpaired) electrons. The van der Waals surface area contributed by atoms with Crippen LogP contribution in [0.5, 0.6) is 11.5 Å². The topological polar surface area (TPSA) is 98.0 Å². The van der Waals surface area contributed by atoms with E-state index in [-0.39, 0.29) is 40.9 Å². The Morgan fingerprint density at radius 3 is 2.20 bits per heavy atom. The monoisotopic (exact) mass is 221 g/mol. The molecule has 0 spiro atoms. The van der Waals surface area contributed by atoms with Crippen molar-refractivity contribution >= 4 is 35.5 Å². The predicted molar refractivity (Wildman–Crippen MR) is 52.7 cm³/mol. The van der Waals surface area contributed by atoms with Crippen molar-refractivity contribution in [3.05, 3.63) is 23.8 Å². The molecule has 4 N–H and O–H groups in total.